The number of carbonyl (C=O) groups excluding carboxylic acids is 2. The first kappa shape index (κ1) is 31.9. The van der Waals surface area contributed by atoms with E-state index in [-0.39, 0.29) is 17.4 Å². The molecule has 0 saturated heterocycles. The molecule has 0 bridgehead atoms. The van der Waals surface area contributed by atoms with Crippen LogP contribution in [0.3, 0.4) is 0 Å². The molecule has 11 nitrogen and oxygen atoms in total. The predicted molar refractivity (Wildman–Crippen MR) is 164 cm³/mol. The molecule has 2 aromatic carbocycles. The summed E-state index contributed by atoms with van der Waals surface area (Å²) in [4.78, 5) is 25.0. The third kappa shape index (κ3) is 8.08. The molecule has 12 heteroatoms. The van der Waals surface area contributed by atoms with Crippen LogP contribution in [0.25, 0.3) is 0 Å². The van der Waals surface area contributed by atoms with Crippen LogP contribution in [-0.4, -0.2) is 62.9 Å². The summed E-state index contributed by atoms with van der Waals surface area (Å²) in [7, 11) is 1.60. The monoisotopic (exact) mass is 653 g/mol. The SMILES string of the molecule is CCCc1c(OCCCOC2(C)C=CC(Br)=C(NC(=O)c3nnnn3Cc3ccc(OC)cc3)C2)ccc(C(C)=O)c1O. The summed E-state index contributed by atoms with van der Waals surface area (Å²) in [6, 6.07) is 10.8. The first-order chi connectivity index (χ1) is 20.6. The fourth-order valence-corrected chi connectivity index (χ4v) is 5.06. The van der Waals surface area contributed by atoms with E-state index in [4.69, 9.17) is 14.2 Å². The lowest BCUT2D eigenvalue weighted by Crippen LogP contribution is -2.36. The number of ether oxygens (including phenoxy) is 3. The van der Waals surface area contributed by atoms with Crippen LogP contribution in [0.2, 0.25) is 0 Å². The van der Waals surface area contributed by atoms with Gasteiger partial charge in [0, 0.05) is 28.6 Å². The number of phenols is 1. The lowest BCUT2D eigenvalue weighted by atomic mass is 9.94. The van der Waals surface area contributed by atoms with Gasteiger partial charge in [-0.25, -0.2) is 4.68 Å². The molecule has 1 aromatic heterocycles. The molecule has 0 spiro atoms. The number of allylic oxidation sites excluding steroid dienone is 2. The van der Waals surface area contributed by atoms with Crippen LogP contribution in [-0.2, 0) is 17.7 Å². The van der Waals surface area contributed by atoms with Gasteiger partial charge < -0.3 is 24.6 Å². The Morgan fingerprint density at radius 1 is 1.16 bits per heavy atom. The van der Waals surface area contributed by atoms with Gasteiger partial charge in [-0.15, -0.1) is 5.10 Å². The van der Waals surface area contributed by atoms with Gasteiger partial charge in [0.25, 0.3) is 5.91 Å². The minimum Gasteiger partial charge on any atom is -0.507 e. The van der Waals surface area contributed by atoms with E-state index in [2.05, 4.69) is 36.8 Å². The highest BCUT2D eigenvalue weighted by Gasteiger charge is 2.30. The molecule has 1 aliphatic rings. The zero-order valence-electron chi connectivity index (χ0n) is 24.7. The van der Waals surface area contributed by atoms with Crippen molar-refractivity contribution in [3.63, 3.8) is 0 Å². The van der Waals surface area contributed by atoms with Gasteiger partial charge >= 0.3 is 0 Å². The maximum absolute atomic E-state index is 13.2. The second-order valence-corrected chi connectivity index (χ2v) is 11.3. The fourth-order valence-electron chi connectivity index (χ4n) is 4.69. The van der Waals surface area contributed by atoms with Crippen LogP contribution < -0.4 is 14.8 Å². The van der Waals surface area contributed by atoms with Gasteiger partial charge in [0.1, 0.15) is 17.2 Å². The van der Waals surface area contributed by atoms with E-state index < -0.39 is 11.5 Å². The van der Waals surface area contributed by atoms with Crippen LogP contribution in [0.5, 0.6) is 17.2 Å². The second kappa shape index (κ2) is 14.4. The molecule has 0 saturated carbocycles. The first-order valence-electron chi connectivity index (χ1n) is 14.0. The zero-order chi connectivity index (χ0) is 31.0. The Kier molecular flexibility index (Phi) is 10.7. The first-order valence-corrected chi connectivity index (χ1v) is 14.8. The van der Waals surface area contributed by atoms with Crippen molar-refractivity contribution in [2.45, 2.75) is 58.6 Å². The van der Waals surface area contributed by atoms with Crippen molar-refractivity contribution < 1.29 is 28.9 Å². The Bertz CT molecular complexity index is 1520. The number of hydrogen-bond acceptors (Lipinski definition) is 9. The molecule has 0 radical (unpaired) electrons. The number of phenolic OH excluding ortho intramolecular Hbond substituents is 1. The number of nitrogens with zero attached hydrogens (tertiary/aromatic N) is 4. The minimum absolute atomic E-state index is 0.00958. The molecule has 1 heterocycles. The Balaban J connectivity index is 1.31. The average Bonchev–Trinajstić information content (AvgIpc) is 3.45. The van der Waals surface area contributed by atoms with Gasteiger partial charge in [0.15, 0.2) is 5.78 Å². The Morgan fingerprint density at radius 2 is 1.93 bits per heavy atom. The number of halogens is 1. The quantitative estimate of drug-likeness (QED) is 0.179. The minimum atomic E-state index is -0.663. The highest BCUT2D eigenvalue weighted by Crippen LogP contribution is 2.34. The van der Waals surface area contributed by atoms with Crippen LogP contribution in [0, 0.1) is 0 Å². The van der Waals surface area contributed by atoms with Gasteiger partial charge in [0.05, 0.1) is 38.0 Å². The normalized spacial score (nSPS) is 16.3. The van der Waals surface area contributed by atoms with E-state index >= 15 is 0 Å². The predicted octanol–water partition coefficient (Wildman–Crippen LogP) is 5.13. The van der Waals surface area contributed by atoms with E-state index in [9.17, 15) is 14.7 Å². The standard InChI is InChI=1S/C31H36BrN5O6/c1-5-7-24-27(13-12-23(20(2)38)28(24)39)42-16-6-17-43-31(3)15-14-25(32)26(18-31)33-30(40)29-34-35-36-37(29)19-21-8-10-22(41-4)11-9-21/h8-15,39H,5-7,16-19H2,1-4H3,(H,33,40). The molecule has 2 N–H and O–H groups in total. The summed E-state index contributed by atoms with van der Waals surface area (Å²) in [5.41, 5.74) is 1.84. The number of rotatable bonds is 14. The van der Waals surface area contributed by atoms with Crippen LogP contribution in [0.1, 0.15) is 72.1 Å². The van der Waals surface area contributed by atoms with E-state index in [1.165, 1.54) is 11.6 Å². The molecule has 1 unspecified atom stereocenters. The Morgan fingerprint density at radius 3 is 2.63 bits per heavy atom. The number of aromatic nitrogens is 4. The van der Waals surface area contributed by atoms with Gasteiger partial charge in [0.2, 0.25) is 5.82 Å². The van der Waals surface area contributed by atoms with E-state index in [0.717, 1.165) is 22.2 Å². The number of hydrogen-bond donors (Lipinski definition) is 2. The van der Waals surface area contributed by atoms with Crippen LogP contribution >= 0.6 is 15.9 Å². The van der Waals surface area contributed by atoms with Gasteiger partial charge in [-0.1, -0.05) is 31.6 Å². The van der Waals surface area contributed by atoms with E-state index in [0.29, 0.717) is 61.6 Å². The van der Waals surface area contributed by atoms with Crippen molar-refractivity contribution in [2.24, 2.45) is 0 Å². The smallest absolute Gasteiger partial charge is 0.294 e. The molecule has 1 atom stereocenters. The van der Waals surface area contributed by atoms with Crippen molar-refractivity contribution in [1.82, 2.24) is 25.5 Å². The molecule has 0 fully saturated rings. The molecule has 228 valence electrons. The summed E-state index contributed by atoms with van der Waals surface area (Å²) in [6.07, 6.45) is 6.21. The third-order valence-electron chi connectivity index (χ3n) is 6.99. The molecular formula is C31H36BrN5O6. The van der Waals surface area contributed by atoms with Gasteiger partial charge in [-0.3, -0.25) is 9.59 Å². The maximum atomic E-state index is 13.2. The van der Waals surface area contributed by atoms with Crippen molar-refractivity contribution in [3.8, 4) is 17.2 Å². The number of methoxy groups -OCH3 is 1. The van der Waals surface area contributed by atoms with Crippen molar-refractivity contribution >= 4 is 27.6 Å². The molecular weight excluding hydrogens is 618 g/mol. The maximum Gasteiger partial charge on any atom is 0.294 e. The average molecular weight is 655 g/mol. The number of amides is 1. The summed E-state index contributed by atoms with van der Waals surface area (Å²) in [5.74, 6) is 0.761. The Hall–Kier alpha value is -4.03. The lowest BCUT2D eigenvalue weighted by molar-refractivity contribution is -0.00121. The van der Waals surface area contributed by atoms with Gasteiger partial charge in [-0.2, -0.15) is 0 Å². The fraction of sp³-hybridized carbons (Fsp3) is 0.387. The number of Topliss-reactive ketones (excluding diaryl/α,β-unsaturated/α-hetero) is 1. The lowest BCUT2D eigenvalue weighted by Gasteiger charge is -2.31. The highest BCUT2D eigenvalue weighted by molar-refractivity contribution is 9.11. The second-order valence-electron chi connectivity index (χ2n) is 10.4. The van der Waals surface area contributed by atoms with E-state index in [1.54, 1.807) is 19.2 Å². The summed E-state index contributed by atoms with van der Waals surface area (Å²) < 4.78 is 19.5. The molecule has 3 aromatic rings. The highest BCUT2D eigenvalue weighted by atomic mass is 79.9. The molecule has 43 heavy (non-hydrogen) atoms. The Labute approximate surface area is 259 Å². The number of ketones is 1. The molecule has 1 amide bonds. The van der Waals surface area contributed by atoms with Gasteiger partial charge in [-0.05, 0) is 82.5 Å². The van der Waals surface area contributed by atoms with Crippen LogP contribution in [0.4, 0.5) is 0 Å². The largest absolute Gasteiger partial charge is 0.507 e. The topological polar surface area (TPSA) is 138 Å². The molecule has 1 aliphatic carbocycles. The number of benzene rings is 2. The van der Waals surface area contributed by atoms with Crippen molar-refractivity contribution in [3.05, 3.63) is 81.2 Å². The van der Waals surface area contributed by atoms with E-state index in [1.807, 2.05) is 50.3 Å². The number of tetrazole rings is 1. The third-order valence-corrected chi connectivity index (χ3v) is 7.73. The number of aromatic hydroxyl groups is 1. The zero-order valence-corrected chi connectivity index (χ0v) is 26.3. The number of nitrogens with one attached hydrogen (secondary N) is 1. The summed E-state index contributed by atoms with van der Waals surface area (Å²) >= 11 is 3.53. The van der Waals surface area contributed by atoms with Crippen molar-refractivity contribution in [1.29, 1.82) is 0 Å². The summed E-state index contributed by atoms with van der Waals surface area (Å²) in [6.45, 7) is 6.48. The molecule has 4 rings (SSSR count). The summed E-state index contributed by atoms with van der Waals surface area (Å²) in [5, 5.41) is 25.1. The number of carbonyl (C=O) groups is 2. The molecule has 0 aliphatic heterocycles. The van der Waals surface area contributed by atoms with Crippen molar-refractivity contribution in [2.75, 3.05) is 20.3 Å². The van der Waals surface area contributed by atoms with Crippen LogP contribution in [0.15, 0.2) is 58.7 Å².